The van der Waals surface area contributed by atoms with Gasteiger partial charge in [0.1, 0.15) is 5.75 Å². The smallest absolute Gasteiger partial charge is 0.276 e. The number of amides is 3. The molecule has 0 heterocycles. The third-order valence-electron chi connectivity index (χ3n) is 3.70. The highest BCUT2D eigenvalue weighted by molar-refractivity contribution is 6.32. The fourth-order valence-electron chi connectivity index (χ4n) is 2.21. The Kier molecular flexibility index (Phi) is 8.30. The van der Waals surface area contributed by atoms with Crippen molar-refractivity contribution in [3.05, 3.63) is 59.1 Å². The Morgan fingerprint density at radius 3 is 2.36 bits per heavy atom. The molecule has 0 fully saturated rings. The van der Waals surface area contributed by atoms with E-state index in [1.165, 1.54) is 0 Å². The number of anilines is 1. The van der Waals surface area contributed by atoms with Crippen LogP contribution in [0, 0.1) is 0 Å². The zero-order valence-corrected chi connectivity index (χ0v) is 16.2. The predicted molar refractivity (Wildman–Crippen MR) is 107 cm³/mol. The fraction of sp³-hybridized carbons (Fsp3) is 0.250. The van der Waals surface area contributed by atoms with E-state index in [2.05, 4.69) is 16.2 Å². The number of benzene rings is 2. The van der Waals surface area contributed by atoms with Crippen molar-refractivity contribution in [1.29, 1.82) is 0 Å². The minimum atomic E-state index is -0.534. The van der Waals surface area contributed by atoms with Gasteiger partial charge in [0.25, 0.3) is 11.8 Å². The van der Waals surface area contributed by atoms with Crippen LogP contribution in [-0.2, 0) is 9.59 Å². The molecule has 2 rings (SSSR count). The molecule has 0 radical (unpaired) electrons. The number of nitrogens with one attached hydrogen (secondary N) is 3. The van der Waals surface area contributed by atoms with Gasteiger partial charge >= 0.3 is 0 Å². The molecule has 8 heteroatoms. The van der Waals surface area contributed by atoms with Crippen LogP contribution in [0.5, 0.6) is 5.75 Å². The van der Waals surface area contributed by atoms with E-state index in [0.717, 1.165) is 12.8 Å². The average Bonchev–Trinajstić information content (AvgIpc) is 2.70. The summed E-state index contributed by atoms with van der Waals surface area (Å²) in [6.45, 7) is 1.72. The second-order valence-electron chi connectivity index (χ2n) is 5.95. The zero-order valence-electron chi connectivity index (χ0n) is 15.5. The van der Waals surface area contributed by atoms with Crippen molar-refractivity contribution in [1.82, 2.24) is 10.9 Å². The Bertz CT molecular complexity index is 824. The summed E-state index contributed by atoms with van der Waals surface area (Å²) in [6, 6.07) is 13.1. The summed E-state index contributed by atoms with van der Waals surface area (Å²) < 4.78 is 5.28. The lowest BCUT2D eigenvalue weighted by Gasteiger charge is -2.10. The second kappa shape index (κ2) is 10.9. The maximum absolute atomic E-state index is 12.1. The third-order valence-corrected chi connectivity index (χ3v) is 4.01. The number of unbranched alkanes of at least 4 members (excludes halogenated alkanes) is 1. The number of carbonyl (C=O) groups excluding carboxylic acids is 3. The highest BCUT2D eigenvalue weighted by Gasteiger charge is 2.09. The molecule has 2 aromatic rings. The molecule has 0 bridgehead atoms. The molecule has 0 spiro atoms. The van der Waals surface area contributed by atoms with Gasteiger partial charge in [-0.3, -0.25) is 25.2 Å². The summed E-state index contributed by atoms with van der Waals surface area (Å²) in [7, 11) is 0. The van der Waals surface area contributed by atoms with Crippen LogP contribution in [0.15, 0.2) is 48.5 Å². The van der Waals surface area contributed by atoms with Gasteiger partial charge in [0.05, 0.1) is 5.02 Å². The van der Waals surface area contributed by atoms with Gasteiger partial charge in [0.15, 0.2) is 6.61 Å². The molecule has 0 atom stereocenters. The highest BCUT2D eigenvalue weighted by Crippen LogP contribution is 2.22. The van der Waals surface area contributed by atoms with Crippen LogP contribution in [0.4, 0.5) is 5.69 Å². The van der Waals surface area contributed by atoms with E-state index in [0.29, 0.717) is 28.4 Å². The predicted octanol–water partition coefficient (Wildman–Crippen LogP) is 3.31. The monoisotopic (exact) mass is 403 g/mol. The summed E-state index contributed by atoms with van der Waals surface area (Å²) in [6.07, 6.45) is 2.23. The first-order chi connectivity index (χ1) is 13.5. The molecule has 2 aromatic carbocycles. The topological polar surface area (TPSA) is 96.5 Å². The number of ether oxygens (including phenoxy) is 1. The standard InChI is InChI=1S/C20H22ClN3O4/c1-2-3-8-18(25)22-15-11-9-14(10-12-15)20(27)24-23-19(26)13-28-17-7-5-4-6-16(17)21/h4-7,9-12H,2-3,8,13H2,1H3,(H,22,25)(H,23,26)(H,24,27). The molecule has 3 amide bonds. The summed E-state index contributed by atoms with van der Waals surface area (Å²) in [5.74, 6) is -0.713. The lowest BCUT2D eigenvalue weighted by molar-refractivity contribution is -0.123. The Labute approximate surface area is 168 Å². The molecule has 0 aliphatic carbocycles. The molecule has 28 heavy (non-hydrogen) atoms. The molecule has 3 N–H and O–H groups in total. The maximum Gasteiger partial charge on any atom is 0.276 e. The maximum atomic E-state index is 12.1. The molecular weight excluding hydrogens is 382 g/mol. The van der Waals surface area contributed by atoms with Crippen LogP contribution < -0.4 is 20.9 Å². The second-order valence-corrected chi connectivity index (χ2v) is 6.36. The minimum Gasteiger partial charge on any atom is -0.482 e. The lowest BCUT2D eigenvalue weighted by Crippen LogP contribution is -2.43. The SMILES string of the molecule is CCCCC(=O)Nc1ccc(C(=O)NNC(=O)COc2ccccc2Cl)cc1. The molecule has 148 valence electrons. The average molecular weight is 404 g/mol. The van der Waals surface area contributed by atoms with Crippen molar-refractivity contribution >= 4 is 35.0 Å². The largest absolute Gasteiger partial charge is 0.482 e. The van der Waals surface area contributed by atoms with Gasteiger partial charge in [0, 0.05) is 17.7 Å². The van der Waals surface area contributed by atoms with Crippen molar-refractivity contribution in [3.8, 4) is 5.75 Å². The third kappa shape index (κ3) is 6.92. The van der Waals surface area contributed by atoms with Crippen LogP contribution in [0.2, 0.25) is 5.02 Å². The summed E-state index contributed by atoms with van der Waals surface area (Å²) in [5, 5.41) is 3.15. The number of carbonyl (C=O) groups is 3. The highest BCUT2D eigenvalue weighted by atomic mass is 35.5. The van der Waals surface area contributed by atoms with Crippen molar-refractivity contribution in [3.63, 3.8) is 0 Å². The molecule has 0 saturated carbocycles. The van der Waals surface area contributed by atoms with Crippen molar-refractivity contribution in [2.75, 3.05) is 11.9 Å². The van der Waals surface area contributed by atoms with E-state index in [1.807, 2.05) is 6.92 Å². The number of hydrazine groups is 1. The number of hydrogen-bond donors (Lipinski definition) is 3. The van der Waals surface area contributed by atoms with Crippen LogP contribution in [0.3, 0.4) is 0 Å². The molecule has 0 aromatic heterocycles. The van der Waals surface area contributed by atoms with Crippen molar-refractivity contribution in [2.24, 2.45) is 0 Å². The molecule has 7 nitrogen and oxygen atoms in total. The van der Waals surface area contributed by atoms with E-state index in [9.17, 15) is 14.4 Å². The molecule has 0 saturated heterocycles. The van der Waals surface area contributed by atoms with Gasteiger partial charge in [-0.25, -0.2) is 0 Å². The van der Waals surface area contributed by atoms with E-state index in [1.54, 1.807) is 48.5 Å². The van der Waals surface area contributed by atoms with Gasteiger partial charge in [-0.05, 0) is 42.8 Å². The quantitative estimate of drug-likeness (QED) is 0.589. The van der Waals surface area contributed by atoms with E-state index in [-0.39, 0.29) is 12.5 Å². The fourth-order valence-corrected chi connectivity index (χ4v) is 2.40. The number of rotatable bonds is 8. The summed E-state index contributed by atoms with van der Waals surface area (Å²) >= 11 is 5.93. The van der Waals surface area contributed by atoms with Gasteiger partial charge in [0.2, 0.25) is 5.91 Å². The molecule has 0 unspecified atom stereocenters. The van der Waals surface area contributed by atoms with Crippen LogP contribution in [0.25, 0.3) is 0 Å². The van der Waals surface area contributed by atoms with Gasteiger partial charge in [-0.15, -0.1) is 0 Å². The van der Waals surface area contributed by atoms with E-state index < -0.39 is 11.8 Å². The Morgan fingerprint density at radius 1 is 0.964 bits per heavy atom. The first-order valence-corrected chi connectivity index (χ1v) is 9.24. The number of halogens is 1. The molecular formula is C20H22ClN3O4. The van der Waals surface area contributed by atoms with Crippen LogP contribution in [-0.4, -0.2) is 24.3 Å². The normalized spacial score (nSPS) is 10.1. The van der Waals surface area contributed by atoms with Crippen molar-refractivity contribution < 1.29 is 19.1 Å². The van der Waals surface area contributed by atoms with Gasteiger partial charge < -0.3 is 10.1 Å². The number of hydrogen-bond acceptors (Lipinski definition) is 4. The summed E-state index contributed by atoms with van der Waals surface area (Å²) in [5.41, 5.74) is 5.50. The van der Waals surface area contributed by atoms with Crippen LogP contribution >= 0.6 is 11.6 Å². The van der Waals surface area contributed by atoms with E-state index in [4.69, 9.17) is 16.3 Å². The Morgan fingerprint density at radius 2 is 1.68 bits per heavy atom. The van der Waals surface area contributed by atoms with Gasteiger partial charge in [-0.1, -0.05) is 37.1 Å². The van der Waals surface area contributed by atoms with Crippen LogP contribution in [0.1, 0.15) is 36.5 Å². The minimum absolute atomic E-state index is 0.0650. The first kappa shape index (κ1) is 21.2. The van der Waals surface area contributed by atoms with Crippen molar-refractivity contribution in [2.45, 2.75) is 26.2 Å². The first-order valence-electron chi connectivity index (χ1n) is 8.86. The molecule has 0 aliphatic heterocycles. The number of para-hydroxylation sites is 1. The Balaban J connectivity index is 1.77. The Hall–Kier alpha value is -3.06. The lowest BCUT2D eigenvalue weighted by atomic mass is 10.2. The zero-order chi connectivity index (χ0) is 20.4. The summed E-state index contributed by atoms with van der Waals surface area (Å²) in [4.78, 5) is 35.6. The molecule has 0 aliphatic rings. The van der Waals surface area contributed by atoms with E-state index >= 15 is 0 Å². The van der Waals surface area contributed by atoms with Gasteiger partial charge in [-0.2, -0.15) is 0 Å².